The highest BCUT2D eigenvalue weighted by Crippen LogP contribution is 2.22. The standard InChI is InChI=1S/C13H14F2N2S/c1-8-17-10(7-18-8)6-13(16-2)11-4-3-9(14)5-12(11)15/h3-5,7,13,16H,6H2,1-2H3. The molecule has 0 aliphatic rings. The number of thiazole rings is 1. The van der Waals surface area contributed by atoms with Gasteiger partial charge in [0.15, 0.2) is 0 Å². The third kappa shape index (κ3) is 2.91. The Morgan fingerprint density at radius 2 is 2.17 bits per heavy atom. The molecule has 0 radical (unpaired) electrons. The molecule has 1 atom stereocenters. The maximum absolute atomic E-state index is 13.7. The van der Waals surface area contributed by atoms with Crippen molar-refractivity contribution in [2.75, 3.05) is 7.05 Å². The van der Waals surface area contributed by atoms with E-state index in [2.05, 4.69) is 10.3 Å². The van der Waals surface area contributed by atoms with Gasteiger partial charge in [-0.25, -0.2) is 13.8 Å². The lowest BCUT2D eigenvalue weighted by Crippen LogP contribution is -2.20. The number of rotatable bonds is 4. The van der Waals surface area contributed by atoms with Crippen molar-refractivity contribution in [1.29, 1.82) is 0 Å². The van der Waals surface area contributed by atoms with Crippen molar-refractivity contribution in [3.63, 3.8) is 0 Å². The minimum Gasteiger partial charge on any atom is -0.313 e. The van der Waals surface area contributed by atoms with Crippen molar-refractivity contribution in [3.8, 4) is 0 Å². The van der Waals surface area contributed by atoms with E-state index in [1.807, 2.05) is 12.3 Å². The summed E-state index contributed by atoms with van der Waals surface area (Å²) < 4.78 is 26.6. The Morgan fingerprint density at radius 1 is 1.39 bits per heavy atom. The summed E-state index contributed by atoms with van der Waals surface area (Å²) in [6.45, 7) is 1.93. The van der Waals surface area contributed by atoms with Gasteiger partial charge in [0, 0.05) is 29.5 Å². The predicted molar refractivity (Wildman–Crippen MR) is 68.7 cm³/mol. The second-order valence-corrected chi connectivity index (χ2v) is 5.13. The van der Waals surface area contributed by atoms with Gasteiger partial charge in [-0.05, 0) is 20.0 Å². The summed E-state index contributed by atoms with van der Waals surface area (Å²) in [4.78, 5) is 4.35. The Labute approximate surface area is 109 Å². The maximum atomic E-state index is 13.7. The molecule has 1 unspecified atom stereocenters. The zero-order chi connectivity index (χ0) is 13.1. The highest BCUT2D eigenvalue weighted by molar-refractivity contribution is 7.09. The minimum absolute atomic E-state index is 0.202. The van der Waals surface area contributed by atoms with E-state index in [0.29, 0.717) is 12.0 Å². The van der Waals surface area contributed by atoms with Gasteiger partial charge in [0.1, 0.15) is 11.6 Å². The first-order valence-corrected chi connectivity index (χ1v) is 6.51. The quantitative estimate of drug-likeness (QED) is 0.921. The highest BCUT2D eigenvalue weighted by Gasteiger charge is 2.16. The average molecular weight is 268 g/mol. The van der Waals surface area contributed by atoms with E-state index in [4.69, 9.17) is 0 Å². The molecule has 0 bridgehead atoms. The van der Waals surface area contributed by atoms with Crippen LogP contribution in [0.25, 0.3) is 0 Å². The molecule has 1 N–H and O–H groups in total. The summed E-state index contributed by atoms with van der Waals surface area (Å²) in [7, 11) is 1.76. The summed E-state index contributed by atoms with van der Waals surface area (Å²) in [5, 5.41) is 5.98. The lowest BCUT2D eigenvalue weighted by atomic mass is 10.0. The largest absolute Gasteiger partial charge is 0.313 e. The molecule has 18 heavy (non-hydrogen) atoms. The molecular weight excluding hydrogens is 254 g/mol. The average Bonchev–Trinajstić information content (AvgIpc) is 2.72. The van der Waals surface area contributed by atoms with Crippen molar-refractivity contribution in [2.24, 2.45) is 0 Å². The lowest BCUT2D eigenvalue weighted by Gasteiger charge is -2.16. The number of benzene rings is 1. The monoisotopic (exact) mass is 268 g/mol. The van der Waals surface area contributed by atoms with Gasteiger partial charge in [-0.1, -0.05) is 6.07 Å². The van der Waals surface area contributed by atoms with Crippen LogP contribution in [0.3, 0.4) is 0 Å². The molecule has 96 valence electrons. The van der Waals surface area contributed by atoms with Crippen LogP contribution in [0, 0.1) is 18.6 Å². The fraction of sp³-hybridized carbons (Fsp3) is 0.308. The number of halogens is 2. The summed E-state index contributed by atoms with van der Waals surface area (Å²) in [6.07, 6.45) is 0.587. The molecule has 0 aliphatic heterocycles. The third-order valence-corrected chi connectivity index (χ3v) is 3.59. The molecule has 0 aliphatic carbocycles. The van der Waals surface area contributed by atoms with E-state index in [1.165, 1.54) is 12.1 Å². The second-order valence-electron chi connectivity index (χ2n) is 4.07. The molecule has 2 nitrogen and oxygen atoms in total. The van der Waals surface area contributed by atoms with E-state index < -0.39 is 11.6 Å². The van der Waals surface area contributed by atoms with Gasteiger partial charge < -0.3 is 5.32 Å². The van der Waals surface area contributed by atoms with Crippen molar-refractivity contribution >= 4 is 11.3 Å². The van der Waals surface area contributed by atoms with Crippen LogP contribution in [0.5, 0.6) is 0 Å². The molecule has 2 aromatic rings. The molecule has 1 heterocycles. The van der Waals surface area contributed by atoms with E-state index in [1.54, 1.807) is 18.4 Å². The Hall–Kier alpha value is -1.33. The minimum atomic E-state index is -0.560. The van der Waals surface area contributed by atoms with Gasteiger partial charge in [-0.3, -0.25) is 0 Å². The Morgan fingerprint density at radius 3 is 2.72 bits per heavy atom. The number of aromatic nitrogens is 1. The van der Waals surface area contributed by atoms with Crippen LogP contribution in [0.4, 0.5) is 8.78 Å². The highest BCUT2D eigenvalue weighted by atomic mass is 32.1. The number of nitrogens with one attached hydrogen (secondary N) is 1. The van der Waals surface area contributed by atoms with Crippen LogP contribution in [0.15, 0.2) is 23.6 Å². The molecule has 2 rings (SSSR count). The number of nitrogens with zero attached hydrogens (tertiary/aromatic N) is 1. The van der Waals surface area contributed by atoms with Crippen molar-refractivity contribution in [1.82, 2.24) is 10.3 Å². The molecule has 0 saturated carbocycles. The Kier molecular flexibility index (Phi) is 4.04. The van der Waals surface area contributed by atoms with E-state index in [9.17, 15) is 8.78 Å². The maximum Gasteiger partial charge on any atom is 0.130 e. The van der Waals surface area contributed by atoms with Crippen molar-refractivity contribution < 1.29 is 8.78 Å². The fourth-order valence-electron chi connectivity index (χ4n) is 1.86. The molecule has 0 fully saturated rings. The summed E-state index contributed by atoms with van der Waals surface area (Å²) in [6, 6.07) is 3.46. The topological polar surface area (TPSA) is 24.9 Å². The number of likely N-dealkylation sites (N-methyl/N-ethyl adjacent to an activating group) is 1. The van der Waals surface area contributed by atoms with Gasteiger partial charge in [0.2, 0.25) is 0 Å². The molecular formula is C13H14F2N2S. The first-order valence-electron chi connectivity index (χ1n) is 5.63. The van der Waals surface area contributed by atoms with Gasteiger partial charge in [0.05, 0.1) is 10.7 Å². The SMILES string of the molecule is CNC(Cc1csc(C)n1)c1ccc(F)cc1F. The normalized spacial score (nSPS) is 12.7. The van der Waals surface area contributed by atoms with Crippen LogP contribution >= 0.6 is 11.3 Å². The fourth-order valence-corrected chi connectivity index (χ4v) is 2.49. The lowest BCUT2D eigenvalue weighted by molar-refractivity contribution is 0.519. The van der Waals surface area contributed by atoms with E-state index in [0.717, 1.165) is 16.8 Å². The third-order valence-electron chi connectivity index (χ3n) is 2.77. The van der Waals surface area contributed by atoms with Gasteiger partial charge >= 0.3 is 0 Å². The second kappa shape index (κ2) is 5.54. The zero-order valence-electron chi connectivity index (χ0n) is 10.2. The Bertz CT molecular complexity index is 540. The van der Waals surface area contributed by atoms with Gasteiger partial charge in [0.25, 0.3) is 0 Å². The number of hydrogen-bond donors (Lipinski definition) is 1. The first-order chi connectivity index (χ1) is 8.60. The molecule has 0 saturated heterocycles. The zero-order valence-corrected chi connectivity index (χ0v) is 11.0. The summed E-state index contributed by atoms with van der Waals surface area (Å²) >= 11 is 1.57. The summed E-state index contributed by atoms with van der Waals surface area (Å²) in [5.41, 5.74) is 1.38. The van der Waals surface area contributed by atoms with Crippen LogP contribution < -0.4 is 5.32 Å². The molecule has 0 amide bonds. The smallest absolute Gasteiger partial charge is 0.130 e. The van der Waals surface area contributed by atoms with Gasteiger partial charge in [-0.15, -0.1) is 11.3 Å². The Balaban J connectivity index is 2.22. The van der Waals surface area contributed by atoms with E-state index >= 15 is 0 Å². The van der Waals surface area contributed by atoms with Crippen LogP contribution in [-0.4, -0.2) is 12.0 Å². The van der Waals surface area contributed by atoms with Crippen LogP contribution in [-0.2, 0) is 6.42 Å². The molecule has 1 aromatic heterocycles. The van der Waals surface area contributed by atoms with Gasteiger partial charge in [-0.2, -0.15) is 0 Å². The van der Waals surface area contributed by atoms with Crippen LogP contribution in [0.1, 0.15) is 22.3 Å². The molecule has 0 spiro atoms. The van der Waals surface area contributed by atoms with E-state index in [-0.39, 0.29) is 6.04 Å². The molecule has 1 aromatic carbocycles. The number of hydrogen-bond acceptors (Lipinski definition) is 3. The number of aryl methyl sites for hydroxylation is 1. The van der Waals surface area contributed by atoms with Crippen molar-refractivity contribution in [3.05, 3.63) is 51.5 Å². The first kappa shape index (κ1) is 13.1. The van der Waals surface area contributed by atoms with Crippen molar-refractivity contribution in [2.45, 2.75) is 19.4 Å². The predicted octanol–water partition coefficient (Wildman–Crippen LogP) is 3.23. The molecule has 5 heteroatoms. The van der Waals surface area contributed by atoms with Crippen LogP contribution in [0.2, 0.25) is 0 Å². The summed E-state index contributed by atoms with van der Waals surface area (Å²) in [5.74, 6) is -1.09.